The Bertz CT molecular complexity index is 976. The van der Waals surface area contributed by atoms with Crippen molar-refractivity contribution in [1.82, 2.24) is 9.62 Å². The Morgan fingerprint density at radius 3 is 2.61 bits per heavy atom. The zero-order valence-corrected chi connectivity index (χ0v) is 17.6. The van der Waals surface area contributed by atoms with E-state index in [1.54, 1.807) is 36.4 Å². The first-order chi connectivity index (χ1) is 12.9. The normalized spacial score (nSPS) is 22.6. The smallest absolute Gasteiger partial charge is 0.374 e. The van der Waals surface area contributed by atoms with Crippen molar-refractivity contribution in [2.24, 2.45) is 0 Å². The summed E-state index contributed by atoms with van der Waals surface area (Å²) in [6, 6.07) is 5.21. The summed E-state index contributed by atoms with van der Waals surface area (Å²) in [5.41, 5.74) is 1.07. The summed E-state index contributed by atoms with van der Waals surface area (Å²) in [6.45, 7) is 4.71. The third kappa shape index (κ3) is 3.66. The summed E-state index contributed by atoms with van der Waals surface area (Å²) < 4.78 is 38.6. The van der Waals surface area contributed by atoms with Crippen LogP contribution in [-0.2, 0) is 14.8 Å². The molecule has 2 aliphatic heterocycles. The summed E-state index contributed by atoms with van der Waals surface area (Å²) in [5, 5.41) is 4.12. The second-order valence-corrected chi connectivity index (χ2v) is 9.19. The first-order valence-corrected chi connectivity index (χ1v) is 10.8. The molecule has 2 fully saturated rings. The topological polar surface area (TPSA) is 88.8 Å². The predicted octanol–water partition coefficient (Wildman–Crippen LogP) is 2.85. The fourth-order valence-corrected chi connectivity index (χ4v) is 5.62. The number of hydrogen-bond donors (Lipinski definition) is 1. The van der Waals surface area contributed by atoms with Crippen molar-refractivity contribution >= 4 is 39.4 Å². The SMILES string of the molecule is CCOC(=O)c1oc2ccc(S(=O)(=O)N3CC4CCCC(C3)N4)cc2c1C.Cl. The number of sulfonamides is 1. The van der Waals surface area contributed by atoms with E-state index in [1.165, 1.54) is 0 Å². The number of esters is 1. The van der Waals surface area contributed by atoms with E-state index in [-0.39, 0.29) is 41.8 Å². The highest BCUT2D eigenvalue weighted by molar-refractivity contribution is 7.89. The summed E-state index contributed by atoms with van der Waals surface area (Å²) >= 11 is 0. The van der Waals surface area contributed by atoms with Crippen LogP contribution in [0.25, 0.3) is 11.0 Å². The molecule has 0 amide bonds. The molecule has 2 saturated heterocycles. The van der Waals surface area contributed by atoms with Crippen LogP contribution in [0.1, 0.15) is 42.3 Å². The third-order valence-corrected chi connectivity index (χ3v) is 7.26. The number of nitrogens with zero attached hydrogens (tertiary/aromatic N) is 1. The van der Waals surface area contributed by atoms with Gasteiger partial charge in [0.25, 0.3) is 0 Å². The summed E-state index contributed by atoms with van der Waals surface area (Å²) in [4.78, 5) is 12.3. The van der Waals surface area contributed by atoms with Gasteiger partial charge >= 0.3 is 5.97 Å². The Balaban J connectivity index is 0.00000225. The Morgan fingerprint density at radius 2 is 1.96 bits per heavy atom. The number of hydrogen-bond acceptors (Lipinski definition) is 6. The van der Waals surface area contributed by atoms with E-state index in [9.17, 15) is 13.2 Å². The number of furan rings is 1. The van der Waals surface area contributed by atoms with Crippen LogP contribution >= 0.6 is 12.4 Å². The van der Waals surface area contributed by atoms with Crippen LogP contribution in [0, 0.1) is 6.92 Å². The number of piperidine rings is 1. The van der Waals surface area contributed by atoms with E-state index < -0.39 is 16.0 Å². The van der Waals surface area contributed by atoms with Gasteiger partial charge in [-0.2, -0.15) is 4.31 Å². The standard InChI is InChI=1S/C19H24N2O5S.ClH/c1-3-25-19(22)18-12(2)16-9-15(7-8-17(16)26-18)27(23,24)21-10-13-5-4-6-14(11-21)20-13;/h7-9,13-14,20H,3-6,10-11H2,1-2H3;1H. The van der Waals surface area contributed by atoms with E-state index in [0.29, 0.717) is 29.6 Å². The molecule has 0 spiro atoms. The largest absolute Gasteiger partial charge is 0.460 e. The summed E-state index contributed by atoms with van der Waals surface area (Å²) in [5.74, 6) is -0.413. The third-order valence-electron chi connectivity index (χ3n) is 5.43. The quantitative estimate of drug-likeness (QED) is 0.753. The van der Waals surface area contributed by atoms with Gasteiger partial charge in [-0.25, -0.2) is 13.2 Å². The molecule has 2 aromatic rings. The molecule has 2 aliphatic rings. The number of aryl methyl sites for hydroxylation is 1. The lowest BCUT2D eigenvalue weighted by Gasteiger charge is -2.41. The molecule has 2 bridgehead atoms. The molecule has 9 heteroatoms. The molecule has 2 atom stereocenters. The van der Waals surface area contributed by atoms with Gasteiger partial charge in [0.15, 0.2) is 0 Å². The zero-order chi connectivity index (χ0) is 19.2. The van der Waals surface area contributed by atoms with Gasteiger partial charge in [-0.3, -0.25) is 0 Å². The van der Waals surface area contributed by atoms with E-state index in [2.05, 4.69) is 5.32 Å². The average molecular weight is 429 g/mol. The summed E-state index contributed by atoms with van der Waals surface area (Å²) in [7, 11) is -3.60. The minimum atomic E-state index is -3.60. The minimum absolute atomic E-state index is 0. The van der Waals surface area contributed by atoms with E-state index >= 15 is 0 Å². The van der Waals surface area contributed by atoms with Gasteiger partial charge in [-0.15, -0.1) is 12.4 Å². The lowest BCUT2D eigenvalue weighted by atomic mass is 9.96. The van der Waals surface area contributed by atoms with Gasteiger partial charge in [0.05, 0.1) is 11.5 Å². The van der Waals surface area contributed by atoms with Crippen LogP contribution in [0.5, 0.6) is 0 Å². The maximum Gasteiger partial charge on any atom is 0.374 e. The van der Waals surface area contributed by atoms with Crippen molar-refractivity contribution in [1.29, 1.82) is 0 Å². The summed E-state index contributed by atoms with van der Waals surface area (Å²) in [6.07, 6.45) is 3.16. The number of piperazine rings is 1. The molecule has 154 valence electrons. The highest BCUT2D eigenvalue weighted by atomic mass is 35.5. The molecule has 1 aromatic carbocycles. The molecule has 2 unspecified atom stereocenters. The van der Waals surface area contributed by atoms with Crippen LogP contribution in [-0.4, -0.2) is 50.5 Å². The Hall–Kier alpha value is -1.61. The average Bonchev–Trinajstić information content (AvgIpc) is 2.98. The van der Waals surface area contributed by atoms with Crippen LogP contribution in [0.2, 0.25) is 0 Å². The fourth-order valence-electron chi connectivity index (χ4n) is 4.06. The molecule has 1 N–H and O–H groups in total. The van der Waals surface area contributed by atoms with Crippen molar-refractivity contribution in [3.05, 3.63) is 29.5 Å². The number of ether oxygens (including phenoxy) is 1. The first-order valence-electron chi connectivity index (χ1n) is 9.36. The molecular weight excluding hydrogens is 404 g/mol. The molecule has 0 saturated carbocycles. The van der Waals surface area contributed by atoms with E-state index in [4.69, 9.17) is 9.15 Å². The monoisotopic (exact) mass is 428 g/mol. The van der Waals surface area contributed by atoms with Crippen molar-refractivity contribution in [2.45, 2.75) is 50.1 Å². The van der Waals surface area contributed by atoms with Gasteiger partial charge < -0.3 is 14.5 Å². The Morgan fingerprint density at radius 1 is 1.29 bits per heavy atom. The molecule has 4 rings (SSSR count). The molecule has 3 heterocycles. The number of halogens is 1. The number of carbonyl (C=O) groups is 1. The molecule has 28 heavy (non-hydrogen) atoms. The maximum atomic E-state index is 13.2. The lowest BCUT2D eigenvalue weighted by molar-refractivity contribution is 0.0491. The van der Waals surface area contributed by atoms with Crippen LogP contribution in [0.4, 0.5) is 0 Å². The van der Waals surface area contributed by atoms with Gasteiger partial charge in [-0.05, 0) is 44.9 Å². The number of rotatable bonds is 4. The van der Waals surface area contributed by atoms with Crippen LogP contribution in [0.15, 0.2) is 27.5 Å². The molecular formula is C19H25ClN2O5S. The van der Waals surface area contributed by atoms with Crippen LogP contribution in [0.3, 0.4) is 0 Å². The fraction of sp³-hybridized carbons (Fsp3) is 0.526. The maximum absolute atomic E-state index is 13.2. The first kappa shape index (κ1) is 21.1. The predicted molar refractivity (Wildman–Crippen MR) is 107 cm³/mol. The van der Waals surface area contributed by atoms with Gasteiger partial charge in [0.1, 0.15) is 5.58 Å². The van der Waals surface area contributed by atoms with Crippen molar-refractivity contribution < 1.29 is 22.4 Å². The Labute approximate surface area is 170 Å². The van der Waals surface area contributed by atoms with Crippen molar-refractivity contribution in [2.75, 3.05) is 19.7 Å². The zero-order valence-electron chi connectivity index (χ0n) is 15.9. The number of nitrogens with one attached hydrogen (secondary N) is 1. The second-order valence-electron chi connectivity index (χ2n) is 7.25. The minimum Gasteiger partial charge on any atom is -0.460 e. The van der Waals surface area contributed by atoms with Gasteiger partial charge in [0, 0.05) is 36.1 Å². The molecule has 1 aromatic heterocycles. The van der Waals surface area contributed by atoms with Gasteiger partial charge in [0.2, 0.25) is 15.8 Å². The highest BCUT2D eigenvalue weighted by Gasteiger charge is 2.36. The molecule has 7 nitrogen and oxygen atoms in total. The number of carbonyl (C=O) groups excluding carboxylic acids is 1. The lowest BCUT2D eigenvalue weighted by Crippen LogP contribution is -2.59. The van der Waals surface area contributed by atoms with E-state index in [1.807, 2.05) is 0 Å². The number of fused-ring (bicyclic) bond motifs is 3. The van der Waals surface area contributed by atoms with Crippen molar-refractivity contribution in [3.8, 4) is 0 Å². The van der Waals surface area contributed by atoms with Crippen LogP contribution < -0.4 is 5.32 Å². The number of benzene rings is 1. The van der Waals surface area contributed by atoms with E-state index in [0.717, 1.165) is 19.3 Å². The Kier molecular flexibility index (Phi) is 6.05. The van der Waals surface area contributed by atoms with Gasteiger partial charge in [-0.1, -0.05) is 6.42 Å². The highest BCUT2D eigenvalue weighted by Crippen LogP contribution is 2.31. The molecule has 0 radical (unpaired) electrons. The molecule has 0 aliphatic carbocycles. The second kappa shape index (κ2) is 8.02. The van der Waals surface area contributed by atoms with Crippen molar-refractivity contribution in [3.63, 3.8) is 0 Å².